The van der Waals surface area contributed by atoms with Gasteiger partial charge in [0.05, 0.1) is 5.60 Å². The number of primary amides is 1. The van der Waals surface area contributed by atoms with E-state index < -0.39 is 11.5 Å². The van der Waals surface area contributed by atoms with Gasteiger partial charge in [0, 0.05) is 24.7 Å². The Morgan fingerprint density at radius 2 is 1.86 bits per heavy atom. The van der Waals surface area contributed by atoms with Crippen molar-refractivity contribution >= 4 is 5.91 Å². The van der Waals surface area contributed by atoms with E-state index in [-0.39, 0.29) is 11.7 Å². The van der Waals surface area contributed by atoms with Crippen LogP contribution in [0.2, 0.25) is 0 Å². The van der Waals surface area contributed by atoms with E-state index in [0.717, 1.165) is 25.8 Å². The summed E-state index contributed by atoms with van der Waals surface area (Å²) in [7, 11) is 0. The van der Waals surface area contributed by atoms with Gasteiger partial charge in [-0.2, -0.15) is 0 Å². The highest BCUT2D eigenvalue weighted by Gasteiger charge is 2.41. The summed E-state index contributed by atoms with van der Waals surface area (Å²) in [5, 5.41) is 10.3. The lowest BCUT2D eigenvalue weighted by Gasteiger charge is -2.43. The lowest BCUT2D eigenvalue weighted by atomic mass is 9.98. The lowest BCUT2D eigenvalue weighted by molar-refractivity contribution is -0.116. The average Bonchev–Trinajstić information content (AvgIpc) is 2.66. The summed E-state index contributed by atoms with van der Waals surface area (Å²) in [4.78, 5) is 16.1. The van der Waals surface area contributed by atoms with Crippen LogP contribution in [0.3, 0.4) is 0 Å². The van der Waals surface area contributed by atoms with Crippen molar-refractivity contribution in [3.63, 3.8) is 0 Å². The number of nitrogens with zero attached hydrogens (tertiary/aromatic N) is 2. The Morgan fingerprint density at radius 3 is 2.27 bits per heavy atom. The van der Waals surface area contributed by atoms with Gasteiger partial charge in [0.2, 0.25) is 0 Å². The molecule has 0 spiro atoms. The Bertz CT molecular complexity index is 419. The molecule has 5 nitrogen and oxygen atoms in total. The minimum absolute atomic E-state index is 0.0423. The lowest BCUT2D eigenvalue weighted by Crippen LogP contribution is -2.51. The van der Waals surface area contributed by atoms with Crippen molar-refractivity contribution in [1.82, 2.24) is 9.80 Å². The second-order valence-corrected chi connectivity index (χ2v) is 7.85. The minimum Gasteiger partial charge on any atom is -0.390 e. The van der Waals surface area contributed by atoms with Gasteiger partial charge in [-0.05, 0) is 41.0 Å². The number of nitrogens with two attached hydrogens (primary N) is 1. The Balaban J connectivity index is 3.08. The van der Waals surface area contributed by atoms with E-state index in [2.05, 4.69) is 37.5 Å². The molecule has 0 radical (unpaired) electrons. The molecule has 3 N–H and O–H groups in total. The van der Waals surface area contributed by atoms with Crippen molar-refractivity contribution in [2.75, 3.05) is 6.54 Å². The molecule has 1 rings (SSSR count). The first-order chi connectivity index (χ1) is 9.97. The van der Waals surface area contributed by atoms with Gasteiger partial charge in [0.25, 0.3) is 5.91 Å². The topological polar surface area (TPSA) is 69.8 Å². The van der Waals surface area contributed by atoms with Gasteiger partial charge in [0.15, 0.2) is 0 Å². The summed E-state index contributed by atoms with van der Waals surface area (Å²) in [6.07, 6.45) is 5.64. The van der Waals surface area contributed by atoms with Crippen LogP contribution in [0.15, 0.2) is 11.9 Å². The van der Waals surface area contributed by atoms with E-state index in [1.165, 1.54) is 0 Å². The van der Waals surface area contributed by atoms with Crippen molar-refractivity contribution in [2.45, 2.75) is 84.5 Å². The summed E-state index contributed by atoms with van der Waals surface area (Å²) >= 11 is 0. The molecule has 0 aromatic carbocycles. The van der Waals surface area contributed by atoms with Crippen LogP contribution in [-0.4, -0.2) is 44.7 Å². The number of unbranched alkanes of at least 4 members (excludes halogenated alkanes) is 2. The molecule has 0 aromatic heterocycles. The van der Waals surface area contributed by atoms with Crippen LogP contribution in [0, 0.1) is 0 Å². The zero-order valence-electron chi connectivity index (χ0n) is 15.0. The quantitative estimate of drug-likeness (QED) is 0.708. The minimum atomic E-state index is -0.807. The smallest absolute Gasteiger partial charge is 0.266 e. The molecule has 1 amide bonds. The summed E-state index contributed by atoms with van der Waals surface area (Å²) in [5.74, 6) is -0.399. The van der Waals surface area contributed by atoms with Crippen molar-refractivity contribution < 1.29 is 9.90 Å². The van der Waals surface area contributed by atoms with Gasteiger partial charge in [-0.15, -0.1) is 0 Å². The predicted octanol–water partition coefficient (Wildman–Crippen LogP) is 2.41. The van der Waals surface area contributed by atoms with Gasteiger partial charge < -0.3 is 20.6 Å². The van der Waals surface area contributed by atoms with Crippen molar-refractivity contribution in [1.29, 1.82) is 0 Å². The largest absolute Gasteiger partial charge is 0.390 e. The molecule has 0 fully saturated rings. The van der Waals surface area contributed by atoms with Crippen LogP contribution in [0.25, 0.3) is 0 Å². The van der Waals surface area contributed by atoms with E-state index >= 15 is 0 Å². The van der Waals surface area contributed by atoms with Crippen LogP contribution in [0.5, 0.6) is 0 Å². The van der Waals surface area contributed by atoms with Crippen molar-refractivity contribution in [3.05, 3.63) is 11.9 Å². The van der Waals surface area contributed by atoms with E-state index in [1.807, 2.05) is 6.20 Å². The number of rotatable bonds is 7. The summed E-state index contributed by atoms with van der Waals surface area (Å²) < 4.78 is 0. The maximum Gasteiger partial charge on any atom is 0.266 e. The highest BCUT2D eigenvalue weighted by molar-refractivity contribution is 5.91. The molecule has 1 atom stereocenters. The Morgan fingerprint density at radius 1 is 1.27 bits per heavy atom. The van der Waals surface area contributed by atoms with E-state index in [0.29, 0.717) is 12.1 Å². The highest BCUT2D eigenvalue weighted by atomic mass is 16.3. The monoisotopic (exact) mass is 311 g/mol. The Labute approximate surface area is 135 Å². The van der Waals surface area contributed by atoms with Gasteiger partial charge in [-0.3, -0.25) is 4.79 Å². The maximum absolute atomic E-state index is 11.9. The molecule has 1 unspecified atom stereocenters. The molecule has 0 aromatic rings. The molecule has 22 heavy (non-hydrogen) atoms. The molecular formula is C17H33N3O2. The highest BCUT2D eigenvalue weighted by Crippen LogP contribution is 2.34. The zero-order valence-corrected chi connectivity index (χ0v) is 15.0. The molecule has 1 aliphatic heterocycles. The van der Waals surface area contributed by atoms with Crippen LogP contribution in [0.1, 0.15) is 67.2 Å². The Hall–Kier alpha value is -1.23. The fourth-order valence-corrected chi connectivity index (χ4v) is 2.91. The maximum atomic E-state index is 11.9. The third kappa shape index (κ3) is 4.90. The molecular weight excluding hydrogens is 278 g/mol. The van der Waals surface area contributed by atoms with Crippen LogP contribution >= 0.6 is 0 Å². The number of amides is 1. The second-order valence-electron chi connectivity index (χ2n) is 7.85. The van der Waals surface area contributed by atoms with Gasteiger partial charge in [-0.1, -0.05) is 19.8 Å². The van der Waals surface area contributed by atoms with Gasteiger partial charge >= 0.3 is 0 Å². The fourth-order valence-electron chi connectivity index (χ4n) is 2.91. The van der Waals surface area contributed by atoms with Gasteiger partial charge in [0.1, 0.15) is 11.9 Å². The summed E-state index contributed by atoms with van der Waals surface area (Å²) in [6, 6.07) is 0. The normalized spacial score (nSPS) is 19.6. The number of carbonyl (C=O) groups excluding carboxylic acids is 1. The van der Waals surface area contributed by atoms with E-state index in [4.69, 9.17) is 5.73 Å². The molecule has 1 heterocycles. The molecule has 0 bridgehead atoms. The first-order valence-electron chi connectivity index (χ1n) is 8.26. The molecule has 0 saturated carbocycles. The van der Waals surface area contributed by atoms with Gasteiger partial charge in [-0.25, -0.2) is 0 Å². The van der Waals surface area contributed by atoms with Crippen molar-refractivity contribution in [2.24, 2.45) is 5.73 Å². The standard InChI is InChI=1S/C17H33N3O2/c1-7-8-9-10-19-13(15(18)21)12-20(16(2,3)4)14(19)11-17(5,6)22/h12,14,22H,7-11H2,1-6H3,(H2,18,21). The van der Waals surface area contributed by atoms with Crippen LogP contribution in [0.4, 0.5) is 0 Å². The van der Waals surface area contributed by atoms with E-state index in [9.17, 15) is 9.90 Å². The first-order valence-corrected chi connectivity index (χ1v) is 8.26. The van der Waals surface area contributed by atoms with E-state index in [1.54, 1.807) is 13.8 Å². The fraction of sp³-hybridized carbons (Fsp3) is 0.824. The third-order valence-corrected chi connectivity index (χ3v) is 3.96. The number of hydrogen-bond donors (Lipinski definition) is 2. The molecule has 0 saturated heterocycles. The van der Waals surface area contributed by atoms with Crippen LogP contribution < -0.4 is 5.73 Å². The Kier molecular flexibility index (Phi) is 5.90. The first kappa shape index (κ1) is 18.8. The summed E-state index contributed by atoms with van der Waals surface area (Å²) in [6.45, 7) is 12.9. The van der Waals surface area contributed by atoms with Crippen LogP contribution in [-0.2, 0) is 4.79 Å². The number of carbonyl (C=O) groups is 1. The second kappa shape index (κ2) is 6.90. The molecule has 5 heteroatoms. The average molecular weight is 311 g/mol. The predicted molar refractivity (Wildman–Crippen MR) is 89.8 cm³/mol. The number of aliphatic hydroxyl groups is 1. The van der Waals surface area contributed by atoms with Crippen molar-refractivity contribution in [3.8, 4) is 0 Å². The zero-order chi connectivity index (χ0) is 17.1. The SMILES string of the molecule is CCCCCN1C(C(N)=O)=CN(C(C)(C)C)C1CC(C)(C)O. The number of hydrogen-bond acceptors (Lipinski definition) is 4. The molecule has 0 aliphatic carbocycles. The summed E-state index contributed by atoms with van der Waals surface area (Å²) in [5.41, 5.74) is 5.19. The molecule has 128 valence electrons. The molecule has 1 aliphatic rings. The third-order valence-electron chi connectivity index (χ3n) is 3.96.